The molecular weight excluding hydrogens is 330 g/mol. The van der Waals surface area contributed by atoms with Crippen molar-refractivity contribution in [2.24, 2.45) is 7.05 Å². The van der Waals surface area contributed by atoms with Gasteiger partial charge in [-0.2, -0.15) is 10.2 Å². The zero-order valence-electron chi connectivity index (χ0n) is 15.3. The average molecular weight is 353 g/mol. The van der Waals surface area contributed by atoms with E-state index in [1.807, 2.05) is 48.6 Å². The van der Waals surface area contributed by atoms with Crippen molar-refractivity contribution in [3.05, 3.63) is 58.6 Å². The van der Waals surface area contributed by atoms with Crippen LogP contribution in [0.25, 0.3) is 0 Å². The minimum absolute atomic E-state index is 0.00971. The number of furan rings is 1. The van der Waals surface area contributed by atoms with E-state index >= 15 is 0 Å². The maximum atomic E-state index is 12.6. The van der Waals surface area contributed by atoms with Crippen LogP contribution in [0.2, 0.25) is 0 Å². The van der Waals surface area contributed by atoms with Crippen LogP contribution < -0.4 is 5.32 Å². The van der Waals surface area contributed by atoms with Crippen LogP contribution in [0.1, 0.15) is 57.8 Å². The Bertz CT molecular complexity index is 949. The van der Waals surface area contributed by atoms with Crippen LogP contribution in [0, 0.1) is 13.8 Å². The predicted molar refractivity (Wildman–Crippen MR) is 95.9 cm³/mol. The first-order chi connectivity index (χ1) is 12.5. The summed E-state index contributed by atoms with van der Waals surface area (Å²) in [6.07, 6.45) is 4.82. The Balaban J connectivity index is 1.46. The molecule has 0 unspecified atom stereocenters. The van der Waals surface area contributed by atoms with Gasteiger partial charge in [-0.25, -0.2) is 0 Å². The van der Waals surface area contributed by atoms with Crippen molar-refractivity contribution in [2.75, 3.05) is 0 Å². The molecule has 3 heterocycles. The largest absolute Gasteiger partial charge is 0.454 e. The van der Waals surface area contributed by atoms with Crippen LogP contribution >= 0.6 is 0 Å². The second-order valence-electron chi connectivity index (χ2n) is 6.94. The molecule has 7 nitrogen and oxygen atoms in total. The fourth-order valence-electron chi connectivity index (χ4n) is 3.65. The Morgan fingerprint density at radius 3 is 3.00 bits per heavy atom. The van der Waals surface area contributed by atoms with E-state index in [-0.39, 0.29) is 11.9 Å². The molecule has 0 radical (unpaired) electrons. The molecule has 0 saturated carbocycles. The lowest BCUT2D eigenvalue weighted by Crippen LogP contribution is -2.30. The van der Waals surface area contributed by atoms with Crippen molar-refractivity contribution < 1.29 is 9.21 Å². The number of aryl methyl sites for hydroxylation is 3. The van der Waals surface area contributed by atoms with E-state index in [1.54, 1.807) is 6.07 Å². The molecular formula is C19H23N5O2. The standard InChI is InChI=1S/C19H23N5O2/c1-12-9-13(2)24(22-12)11-14-7-8-18(26-14)19(25)21-16-5-4-6-17-15(16)10-20-23(17)3/h7-10,16H,4-6,11H2,1-3H3,(H,21,25)/t16-/m1/s1. The number of carbonyl (C=O) groups excluding carboxylic acids is 1. The third kappa shape index (κ3) is 3.05. The van der Waals surface area contributed by atoms with Crippen LogP contribution in [0.15, 0.2) is 28.8 Å². The summed E-state index contributed by atoms with van der Waals surface area (Å²) in [4.78, 5) is 12.6. The first-order valence-corrected chi connectivity index (χ1v) is 8.92. The summed E-state index contributed by atoms with van der Waals surface area (Å²) in [6.45, 7) is 4.48. The molecule has 0 aromatic carbocycles. The Labute approximate surface area is 152 Å². The summed E-state index contributed by atoms with van der Waals surface area (Å²) >= 11 is 0. The van der Waals surface area contributed by atoms with E-state index in [9.17, 15) is 4.79 Å². The highest BCUT2D eigenvalue weighted by molar-refractivity contribution is 5.91. The zero-order chi connectivity index (χ0) is 18.3. The zero-order valence-corrected chi connectivity index (χ0v) is 15.3. The van der Waals surface area contributed by atoms with E-state index in [0.29, 0.717) is 18.1 Å². The van der Waals surface area contributed by atoms with Gasteiger partial charge < -0.3 is 9.73 Å². The van der Waals surface area contributed by atoms with E-state index in [2.05, 4.69) is 15.5 Å². The lowest BCUT2D eigenvalue weighted by molar-refractivity contribution is 0.0902. The SMILES string of the molecule is Cc1cc(C)n(Cc2ccc(C(=O)N[C@@H]3CCCc4c3cnn4C)o2)n1. The minimum atomic E-state index is -0.189. The Kier molecular flexibility index (Phi) is 4.14. The molecule has 0 fully saturated rings. The van der Waals surface area contributed by atoms with E-state index in [1.165, 1.54) is 5.69 Å². The van der Waals surface area contributed by atoms with Crippen molar-refractivity contribution in [1.29, 1.82) is 0 Å². The van der Waals surface area contributed by atoms with Gasteiger partial charge in [-0.05, 0) is 51.3 Å². The van der Waals surface area contributed by atoms with E-state index < -0.39 is 0 Å². The molecule has 7 heteroatoms. The monoisotopic (exact) mass is 353 g/mol. The topological polar surface area (TPSA) is 77.9 Å². The van der Waals surface area contributed by atoms with Crippen molar-refractivity contribution >= 4 is 5.91 Å². The highest BCUT2D eigenvalue weighted by Gasteiger charge is 2.26. The van der Waals surface area contributed by atoms with Gasteiger partial charge in [-0.3, -0.25) is 14.2 Å². The molecule has 1 N–H and O–H groups in total. The molecule has 4 rings (SSSR count). The highest BCUT2D eigenvalue weighted by Crippen LogP contribution is 2.29. The normalized spacial score (nSPS) is 16.5. The van der Waals surface area contributed by atoms with Gasteiger partial charge in [0.15, 0.2) is 5.76 Å². The van der Waals surface area contributed by atoms with Gasteiger partial charge in [0.25, 0.3) is 5.91 Å². The smallest absolute Gasteiger partial charge is 0.287 e. The molecule has 1 aliphatic rings. The Hall–Kier alpha value is -2.83. The number of carbonyl (C=O) groups is 1. The maximum absolute atomic E-state index is 12.6. The predicted octanol–water partition coefficient (Wildman–Crippen LogP) is 2.68. The molecule has 1 aliphatic carbocycles. The summed E-state index contributed by atoms with van der Waals surface area (Å²) < 4.78 is 9.52. The maximum Gasteiger partial charge on any atom is 0.287 e. The first kappa shape index (κ1) is 16.6. The summed E-state index contributed by atoms with van der Waals surface area (Å²) in [5.74, 6) is 0.857. The Morgan fingerprint density at radius 2 is 2.23 bits per heavy atom. The van der Waals surface area contributed by atoms with Crippen LogP contribution in [0.5, 0.6) is 0 Å². The summed E-state index contributed by atoms with van der Waals surface area (Å²) in [5.41, 5.74) is 4.35. The number of hydrogen-bond acceptors (Lipinski definition) is 4. The van der Waals surface area contributed by atoms with Crippen LogP contribution in [-0.4, -0.2) is 25.5 Å². The number of aromatic nitrogens is 4. The van der Waals surface area contributed by atoms with Crippen molar-refractivity contribution in [1.82, 2.24) is 24.9 Å². The molecule has 26 heavy (non-hydrogen) atoms. The van der Waals surface area contributed by atoms with Gasteiger partial charge in [0, 0.05) is 24.0 Å². The lowest BCUT2D eigenvalue weighted by atomic mass is 9.93. The van der Waals surface area contributed by atoms with Crippen LogP contribution in [-0.2, 0) is 20.0 Å². The van der Waals surface area contributed by atoms with Crippen LogP contribution in [0.3, 0.4) is 0 Å². The fourth-order valence-corrected chi connectivity index (χ4v) is 3.65. The van der Waals surface area contributed by atoms with E-state index in [4.69, 9.17) is 4.42 Å². The molecule has 0 saturated heterocycles. The summed E-state index contributed by atoms with van der Waals surface area (Å²) in [7, 11) is 1.95. The van der Waals surface area contributed by atoms with Gasteiger partial charge in [-0.1, -0.05) is 0 Å². The number of nitrogens with one attached hydrogen (secondary N) is 1. The molecule has 3 aromatic rings. The second kappa shape index (κ2) is 6.48. The van der Waals surface area contributed by atoms with Gasteiger partial charge in [0.2, 0.25) is 0 Å². The Morgan fingerprint density at radius 1 is 1.38 bits per heavy atom. The highest BCUT2D eigenvalue weighted by atomic mass is 16.4. The van der Waals surface area contributed by atoms with Crippen molar-refractivity contribution in [2.45, 2.75) is 45.7 Å². The molecule has 0 aliphatic heterocycles. The lowest BCUT2D eigenvalue weighted by Gasteiger charge is -2.23. The number of nitrogens with zero attached hydrogens (tertiary/aromatic N) is 4. The van der Waals surface area contributed by atoms with Crippen LogP contribution in [0.4, 0.5) is 0 Å². The van der Waals surface area contributed by atoms with E-state index in [0.717, 1.165) is 36.2 Å². The summed E-state index contributed by atoms with van der Waals surface area (Å²) in [6, 6.07) is 5.57. The average Bonchev–Trinajstić information content (AvgIpc) is 3.29. The number of hydrogen-bond donors (Lipinski definition) is 1. The van der Waals surface area contributed by atoms with Gasteiger partial charge in [0.05, 0.1) is 24.5 Å². The number of amides is 1. The molecule has 0 spiro atoms. The molecule has 136 valence electrons. The third-order valence-electron chi connectivity index (χ3n) is 4.98. The minimum Gasteiger partial charge on any atom is -0.454 e. The van der Waals surface area contributed by atoms with Gasteiger partial charge in [0.1, 0.15) is 5.76 Å². The molecule has 1 atom stereocenters. The van der Waals surface area contributed by atoms with Gasteiger partial charge in [-0.15, -0.1) is 0 Å². The number of fused-ring (bicyclic) bond motifs is 1. The molecule has 0 bridgehead atoms. The molecule has 1 amide bonds. The third-order valence-corrected chi connectivity index (χ3v) is 4.98. The van der Waals surface area contributed by atoms with Crippen molar-refractivity contribution in [3.63, 3.8) is 0 Å². The number of rotatable bonds is 4. The first-order valence-electron chi connectivity index (χ1n) is 8.92. The van der Waals surface area contributed by atoms with Gasteiger partial charge >= 0.3 is 0 Å². The fraction of sp³-hybridized carbons (Fsp3) is 0.421. The molecule has 3 aromatic heterocycles. The quantitative estimate of drug-likeness (QED) is 0.782. The summed E-state index contributed by atoms with van der Waals surface area (Å²) in [5, 5.41) is 11.8. The van der Waals surface area contributed by atoms with Crippen molar-refractivity contribution in [3.8, 4) is 0 Å². The second-order valence-corrected chi connectivity index (χ2v) is 6.94.